The van der Waals surface area contributed by atoms with Crippen molar-refractivity contribution in [2.24, 2.45) is 0 Å². The molecule has 0 aromatic carbocycles. The Hall–Kier alpha value is -0.650. The zero-order valence-electron chi connectivity index (χ0n) is 10.1. The first-order chi connectivity index (χ1) is 7.67. The molecule has 16 heavy (non-hydrogen) atoms. The third-order valence-corrected chi connectivity index (χ3v) is 3.06. The van der Waals surface area contributed by atoms with Gasteiger partial charge in [-0.25, -0.2) is 0 Å². The van der Waals surface area contributed by atoms with Crippen LogP contribution in [0.4, 0.5) is 0 Å². The lowest BCUT2D eigenvalue weighted by Gasteiger charge is -2.32. The second-order valence-electron chi connectivity index (χ2n) is 4.17. The number of nitrogens with one attached hydrogen (secondary N) is 1. The number of morpholine rings is 1. The summed E-state index contributed by atoms with van der Waals surface area (Å²) in [6, 6.07) is -0.442. The molecule has 1 rings (SSSR count). The summed E-state index contributed by atoms with van der Waals surface area (Å²) in [5.74, 6) is -0.775. The highest BCUT2D eigenvalue weighted by atomic mass is 16.5. The van der Waals surface area contributed by atoms with E-state index in [1.807, 2.05) is 0 Å². The summed E-state index contributed by atoms with van der Waals surface area (Å²) >= 11 is 0. The van der Waals surface area contributed by atoms with Gasteiger partial charge in [0.1, 0.15) is 6.04 Å². The Morgan fingerprint density at radius 3 is 3.00 bits per heavy atom. The van der Waals surface area contributed by atoms with E-state index < -0.39 is 12.0 Å². The van der Waals surface area contributed by atoms with E-state index in [1.54, 1.807) is 7.05 Å². The molecule has 0 amide bonds. The molecule has 0 aromatic rings. The minimum Gasteiger partial charge on any atom is -0.480 e. The van der Waals surface area contributed by atoms with Gasteiger partial charge in [0, 0.05) is 19.6 Å². The maximum Gasteiger partial charge on any atom is 0.320 e. The van der Waals surface area contributed by atoms with E-state index in [2.05, 4.69) is 17.1 Å². The number of nitrogens with zero attached hydrogens (tertiary/aromatic N) is 1. The van der Waals surface area contributed by atoms with Crippen molar-refractivity contribution in [3.8, 4) is 0 Å². The summed E-state index contributed by atoms with van der Waals surface area (Å²) in [7, 11) is 1.69. The normalized spacial score (nSPS) is 24.2. The maximum atomic E-state index is 10.8. The standard InChI is InChI=1S/C11H22N2O3/c1-3-9-8-13(6-7-16-9)5-4-10(12-2)11(14)15/h9-10,12H,3-8H2,1-2H3,(H,14,15). The van der Waals surface area contributed by atoms with Gasteiger partial charge in [0.15, 0.2) is 0 Å². The van der Waals surface area contributed by atoms with Crippen molar-refractivity contribution in [1.82, 2.24) is 10.2 Å². The van der Waals surface area contributed by atoms with E-state index in [9.17, 15) is 4.79 Å². The molecule has 5 heteroatoms. The Morgan fingerprint density at radius 2 is 2.44 bits per heavy atom. The van der Waals surface area contributed by atoms with Crippen LogP contribution in [0.5, 0.6) is 0 Å². The van der Waals surface area contributed by atoms with Crippen molar-refractivity contribution in [3.63, 3.8) is 0 Å². The molecule has 2 N–H and O–H groups in total. The van der Waals surface area contributed by atoms with Gasteiger partial charge in [-0.3, -0.25) is 9.69 Å². The second-order valence-corrected chi connectivity index (χ2v) is 4.17. The SMILES string of the molecule is CCC1CN(CCC(NC)C(=O)O)CCO1. The Morgan fingerprint density at radius 1 is 1.69 bits per heavy atom. The van der Waals surface area contributed by atoms with E-state index in [1.165, 1.54) is 0 Å². The zero-order valence-corrected chi connectivity index (χ0v) is 10.1. The number of carbonyl (C=O) groups is 1. The van der Waals surface area contributed by atoms with Crippen LogP contribution in [0.15, 0.2) is 0 Å². The van der Waals surface area contributed by atoms with Gasteiger partial charge in [-0.15, -0.1) is 0 Å². The molecule has 5 nitrogen and oxygen atoms in total. The fourth-order valence-corrected chi connectivity index (χ4v) is 1.93. The molecule has 94 valence electrons. The predicted octanol–water partition coefficient (Wildman–Crippen LogP) is 0.160. The molecule has 0 spiro atoms. The van der Waals surface area contributed by atoms with Crippen LogP contribution in [0.3, 0.4) is 0 Å². The van der Waals surface area contributed by atoms with E-state index in [0.29, 0.717) is 12.5 Å². The fraction of sp³-hybridized carbons (Fsp3) is 0.909. The first-order valence-electron chi connectivity index (χ1n) is 5.91. The van der Waals surface area contributed by atoms with Crippen molar-refractivity contribution < 1.29 is 14.6 Å². The summed E-state index contributed by atoms with van der Waals surface area (Å²) in [6.07, 6.45) is 1.97. The van der Waals surface area contributed by atoms with Crippen molar-refractivity contribution in [1.29, 1.82) is 0 Å². The van der Waals surface area contributed by atoms with Crippen LogP contribution < -0.4 is 5.32 Å². The topological polar surface area (TPSA) is 61.8 Å². The first kappa shape index (κ1) is 13.4. The number of likely N-dealkylation sites (N-methyl/N-ethyl adjacent to an activating group) is 1. The van der Waals surface area contributed by atoms with Gasteiger partial charge in [-0.05, 0) is 19.9 Å². The molecule has 1 saturated heterocycles. The molecule has 0 radical (unpaired) electrons. The second kappa shape index (κ2) is 6.83. The average Bonchev–Trinajstić information content (AvgIpc) is 2.29. The number of aliphatic carboxylic acids is 1. The molecular weight excluding hydrogens is 208 g/mol. The highest BCUT2D eigenvalue weighted by Gasteiger charge is 2.21. The monoisotopic (exact) mass is 230 g/mol. The summed E-state index contributed by atoms with van der Waals surface area (Å²) in [5, 5.41) is 11.7. The molecule has 1 heterocycles. The van der Waals surface area contributed by atoms with E-state index >= 15 is 0 Å². The molecule has 2 atom stereocenters. The number of hydrogen-bond donors (Lipinski definition) is 2. The van der Waals surface area contributed by atoms with Gasteiger partial charge in [0.05, 0.1) is 12.7 Å². The smallest absolute Gasteiger partial charge is 0.320 e. The zero-order chi connectivity index (χ0) is 12.0. The number of rotatable bonds is 6. The van der Waals surface area contributed by atoms with E-state index in [-0.39, 0.29) is 0 Å². The Labute approximate surface area is 96.8 Å². The van der Waals surface area contributed by atoms with Gasteiger partial charge in [-0.2, -0.15) is 0 Å². The van der Waals surface area contributed by atoms with Crippen molar-refractivity contribution in [2.75, 3.05) is 33.3 Å². The van der Waals surface area contributed by atoms with Crippen LogP contribution in [-0.2, 0) is 9.53 Å². The van der Waals surface area contributed by atoms with Gasteiger partial charge >= 0.3 is 5.97 Å². The van der Waals surface area contributed by atoms with Crippen molar-refractivity contribution >= 4 is 5.97 Å². The maximum absolute atomic E-state index is 10.8. The number of carboxylic acids is 1. The van der Waals surface area contributed by atoms with Crippen molar-refractivity contribution in [2.45, 2.75) is 31.9 Å². The van der Waals surface area contributed by atoms with Crippen LogP contribution in [0, 0.1) is 0 Å². The highest BCUT2D eigenvalue weighted by molar-refractivity contribution is 5.73. The minimum absolute atomic E-state index is 0.312. The third-order valence-electron chi connectivity index (χ3n) is 3.06. The first-order valence-corrected chi connectivity index (χ1v) is 5.91. The van der Waals surface area contributed by atoms with Crippen LogP contribution in [0.1, 0.15) is 19.8 Å². The summed E-state index contributed by atoms with van der Waals surface area (Å²) in [6.45, 7) is 5.52. The Balaban J connectivity index is 2.28. The molecule has 0 bridgehead atoms. The van der Waals surface area contributed by atoms with Crippen LogP contribution in [0.2, 0.25) is 0 Å². The third kappa shape index (κ3) is 4.08. The summed E-state index contributed by atoms with van der Waals surface area (Å²) in [5.41, 5.74) is 0. The van der Waals surface area contributed by atoms with Crippen LogP contribution in [-0.4, -0.2) is 61.4 Å². The Kier molecular flexibility index (Phi) is 5.73. The molecule has 1 aliphatic heterocycles. The summed E-state index contributed by atoms with van der Waals surface area (Å²) < 4.78 is 5.56. The number of ether oxygens (including phenoxy) is 1. The lowest BCUT2D eigenvalue weighted by atomic mass is 10.1. The number of carboxylic acid groups (broad SMARTS) is 1. The highest BCUT2D eigenvalue weighted by Crippen LogP contribution is 2.09. The minimum atomic E-state index is -0.775. The Bertz CT molecular complexity index is 223. The molecule has 0 aromatic heterocycles. The van der Waals surface area contributed by atoms with Gasteiger partial charge < -0.3 is 15.2 Å². The molecule has 1 aliphatic rings. The van der Waals surface area contributed by atoms with Gasteiger partial charge in [0.25, 0.3) is 0 Å². The molecule has 0 saturated carbocycles. The predicted molar refractivity (Wildman–Crippen MR) is 61.6 cm³/mol. The molecule has 0 aliphatic carbocycles. The summed E-state index contributed by atoms with van der Waals surface area (Å²) in [4.78, 5) is 13.1. The van der Waals surface area contributed by atoms with Gasteiger partial charge in [-0.1, -0.05) is 6.92 Å². The number of hydrogen-bond acceptors (Lipinski definition) is 4. The van der Waals surface area contributed by atoms with E-state index in [4.69, 9.17) is 9.84 Å². The average molecular weight is 230 g/mol. The fourth-order valence-electron chi connectivity index (χ4n) is 1.93. The van der Waals surface area contributed by atoms with E-state index in [0.717, 1.165) is 32.7 Å². The molecule has 2 unspecified atom stereocenters. The lowest BCUT2D eigenvalue weighted by Crippen LogP contribution is -2.45. The largest absolute Gasteiger partial charge is 0.480 e. The van der Waals surface area contributed by atoms with Gasteiger partial charge in [0.2, 0.25) is 0 Å². The quantitative estimate of drug-likeness (QED) is 0.680. The molecular formula is C11H22N2O3. The lowest BCUT2D eigenvalue weighted by molar-refractivity contribution is -0.139. The van der Waals surface area contributed by atoms with Crippen LogP contribution in [0.25, 0.3) is 0 Å². The van der Waals surface area contributed by atoms with Crippen molar-refractivity contribution in [3.05, 3.63) is 0 Å². The van der Waals surface area contributed by atoms with Crippen LogP contribution >= 0.6 is 0 Å². The molecule has 1 fully saturated rings.